The highest BCUT2D eigenvalue weighted by Crippen LogP contribution is 2.36. The largest absolute Gasteiger partial charge is 0.352 e. The summed E-state index contributed by atoms with van der Waals surface area (Å²) in [5.41, 5.74) is 0.925. The van der Waals surface area contributed by atoms with E-state index in [1.165, 1.54) is 11.8 Å². The number of hydrogen-bond donors (Lipinski definition) is 1. The first kappa shape index (κ1) is 22.1. The van der Waals surface area contributed by atoms with Crippen LogP contribution < -0.4 is 10.9 Å². The molecule has 0 spiro atoms. The average molecular weight is 456 g/mol. The molecule has 1 aliphatic carbocycles. The lowest BCUT2D eigenvalue weighted by Gasteiger charge is -2.19. The van der Waals surface area contributed by atoms with Gasteiger partial charge in [-0.15, -0.1) is 11.3 Å². The van der Waals surface area contributed by atoms with Crippen LogP contribution in [-0.4, -0.2) is 21.5 Å². The number of thiophene rings is 1. The molecule has 1 aliphatic rings. The Labute approximate surface area is 191 Å². The molecular formula is C24H29N3O2S2. The van der Waals surface area contributed by atoms with Crippen molar-refractivity contribution in [3.8, 4) is 0 Å². The van der Waals surface area contributed by atoms with Gasteiger partial charge in [-0.3, -0.25) is 14.2 Å². The first-order valence-corrected chi connectivity index (χ1v) is 12.7. The van der Waals surface area contributed by atoms with Gasteiger partial charge in [-0.25, -0.2) is 4.98 Å². The van der Waals surface area contributed by atoms with Crippen molar-refractivity contribution in [3.05, 3.63) is 57.2 Å². The molecule has 5 nitrogen and oxygen atoms in total. The molecular weight excluding hydrogens is 426 g/mol. The van der Waals surface area contributed by atoms with E-state index in [2.05, 4.69) is 26.1 Å². The van der Waals surface area contributed by atoms with E-state index in [1.54, 1.807) is 15.9 Å². The number of carbonyl (C=O) groups is 1. The molecule has 1 aromatic carbocycles. The fourth-order valence-electron chi connectivity index (χ4n) is 3.41. The molecule has 1 fully saturated rings. The summed E-state index contributed by atoms with van der Waals surface area (Å²) in [7, 11) is 0. The molecule has 1 atom stereocenters. The molecule has 1 amide bonds. The Hall–Kier alpha value is -2.12. The highest BCUT2D eigenvalue weighted by Gasteiger charge is 2.30. The van der Waals surface area contributed by atoms with Gasteiger partial charge >= 0.3 is 0 Å². The standard InChI is InChI=1S/C24H29N3O2S2/c1-4-18-14-19-22(30-18)26-24(27(23(19)29)13-12-15(2)3)31-20(16-8-6-5-7-9-16)21(28)25-17-10-11-17/h5-9,14-15,17,20H,4,10-13H2,1-3H3,(H,25,28)/t20-/m0/s1. The van der Waals surface area contributed by atoms with Crippen molar-refractivity contribution in [3.63, 3.8) is 0 Å². The number of carbonyl (C=O) groups excluding carboxylic acids is 1. The molecule has 0 saturated heterocycles. The predicted octanol–water partition coefficient (Wildman–Crippen LogP) is 5.18. The SMILES string of the molecule is CCc1cc2c(=O)n(CCC(C)C)c(S[C@H](C(=O)NC3CC3)c3ccccc3)nc2s1. The van der Waals surface area contributed by atoms with Gasteiger partial charge in [0.05, 0.1) is 5.39 Å². The molecule has 0 unspecified atom stereocenters. The van der Waals surface area contributed by atoms with Gasteiger partial charge in [0.2, 0.25) is 5.91 Å². The first-order valence-electron chi connectivity index (χ1n) is 11.0. The summed E-state index contributed by atoms with van der Waals surface area (Å²) < 4.78 is 1.78. The molecule has 3 aromatic rings. The molecule has 0 radical (unpaired) electrons. The number of aromatic nitrogens is 2. The van der Waals surface area contributed by atoms with Gasteiger partial charge in [-0.2, -0.15) is 0 Å². The second-order valence-electron chi connectivity index (χ2n) is 8.51. The highest BCUT2D eigenvalue weighted by molar-refractivity contribution is 8.00. The molecule has 2 aromatic heterocycles. The fourth-order valence-corrected chi connectivity index (χ4v) is 5.55. The number of nitrogens with one attached hydrogen (secondary N) is 1. The van der Waals surface area contributed by atoms with E-state index in [0.29, 0.717) is 23.0 Å². The minimum Gasteiger partial charge on any atom is -0.352 e. The summed E-state index contributed by atoms with van der Waals surface area (Å²) in [5, 5.41) is 4.01. The van der Waals surface area contributed by atoms with Crippen molar-refractivity contribution in [2.24, 2.45) is 5.92 Å². The molecule has 2 heterocycles. The van der Waals surface area contributed by atoms with Crippen LogP contribution in [0.2, 0.25) is 0 Å². The van der Waals surface area contributed by atoms with Crippen LogP contribution >= 0.6 is 23.1 Å². The minimum absolute atomic E-state index is 0.00138. The van der Waals surface area contributed by atoms with Crippen LogP contribution in [0.15, 0.2) is 46.3 Å². The van der Waals surface area contributed by atoms with Crippen LogP contribution in [0.3, 0.4) is 0 Å². The molecule has 7 heteroatoms. The summed E-state index contributed by atoms with van der Waals surface area (Å²) in [6.45, 7) is 7.00. The third-order valence-electron chi connectivity index (χ3n) is 5.43. The smallest absolute Gasteiger partial charge is 0.262 e. The lowest BCUT2D eigenvalue weighted by molar-refractivity contribution is -0.120. The Bertz CT molecular complexity index is 1120. The zero-order valence-electron chi connectivity index (χ0n) is 18.3. The van der Waals surface area contributed by atoms with E-state index < -0.39 is 5.25 Å². The zero-order valence-corrected chi connectivity index (χ0v) is 19.9. The molecule has 164 valence electrons. The number of amides is 1. The number of hydrogen-bond acceptors (Lipinski definition) is 5. The van der Waals surface area contributed by atoms with Crippen LogP contribution in [0.5, 0.6) is 0 Å². The molecule has 0 aliphatic heterocycles. The van der Waals surface area contributed by atoms with Crippen molar-refractivity contribution >= 4 is 39.2 Å². The van der Waals surface area contributed by atoms with E-state index in [0.717, 1.165) is 41.0 Å². The second kappa shape index (κ2) is 9.57. The molecule has 1 N–H and O–H groups in total. The third-order valence-corrected chi connectivity index (χ3v) is 7.85. The second-order valence-corrected chi connectivity index (χ2v) is 10.7. The molecule has 1 saturated carbocycles. The Balaban J connectivity index is 1.76. The maximum Gasteiger partial charge on any atom is 0.262 e. The van der Waals surface area contributed by atoms with Crippen LogP contribution in [0.25, 0.3) is 10.2 Å². The summed E-state index contributed by atoms with van der Waals surface area (Å²) in [5.74, 6) is 0.459. The summed E-state index contributed by atoms with van der Waals surface area (Å²) in [6.07, 6.45) is 3.84. The van der Waals surface area contributed by atoms with Crippen molar-refractivity contribution in [1.29, 1.82) is 0 Å². The van der Waals surface area contributed by atoms with Crippen molar-refractivity contribution in [2.45, 2.75) is 69.4 Å². The lowest BCUT2D eigenvalue weighted by Crippen LogP contribution is -2.31. The molecule has 4 rings (SSSR count). The summed E-state index contributed by atoms with van der Waals surface area (Å²) in [4.78, 5) is 33.3. The quantitative estimate of drug-likeness (QED) is 0.357. The Morgan fingerprint density at radius 3 is 2.68 bits per heavy atom. The number of thioether (sulfide) groups is 1. The average Bonchev–Trinajstić information content (AvgIpc) is 3.47. The maximum absolute atomic E-state index is 13.4. The zero-order chi connectivity index (χ0) is 22.0. The van der Waals surface area contributed by atoms with E-state index >= 15 is 0 Å². The molecule has 0 bridgehead atoms. The molecule has 31 heavy (non-hydrogen) atoms. The van der Waals surface area contributed by atoms with E-state index in [9.17, 15) is 9.59 Å². The Kier molecular flexibility index (Phi) is 6.82. The van der Waals surface area contributed by atoms with Gasteiger partial charge in [0.15, 0.2) is 5.16 Å². The Morgan fingerprint density at radius 2 is 2.03 bits per heavy atom. The van der Waals surface area contributed by atoms with E-state index in [-0.39, 0.29) is 17.5 Å². The fraction of sp³-hybridized carbons (Fsp3) is 0.458. The van der Waals surface area contributed by atoms with E-state index in [4.69, 9.17) is 4.98 Å². The summed E-state index contributed by atoms with van der Waals surface area (Å²) in [6, 6.07) is 12.0. The normalized spacial score (nSPS) is 14.8. The van der Waals surface area contributed by atoms with Gasteiger partial charge in [-0.1, -0.05) is 62.9 Å². The van der Waals surface area contributed by atoms with Gasteiger partial charge < -0.3 is 5.32 Å². The van der Waals surface area contributed by atoms with Crippen LogP contribution in [0.4, 0.5) is 0 Å². The number of benzene rings is 1. The Morgan fingerprint density at radius 1 is 1.29 bits per heavy atom. The van der Waals surface area contributed by atoms with Crippen molar-refractivity contribution in [2.75, 3.05) is 0 Å². The van der Waals surface area contributed by atoms with Crippen LogP contribution in [-0.2, 0) is 17.8 Å². The summed E-state index contributed by atoms with van der Waals surface area (Å²) >= 11 is 2.96. The lowest BCUT2D eigenvalue weighted by atomic mass is 10.1. The predicted molar refractivity (Wildman–Crippen MR) is 129 cm³/mol. The van der Waals surface area contributed by atoms with Crippen LogP contribution in [0, 0.1) is 5.92 Å². The maximum atomic E-state index is 13.4. The van der Waals surface area contributed by atoms with E-state index in [1.807, 2.05) is 36.4 Å². The van der Waals surface area contributed by atoms with Gasteiger partial charge in [0, 0.05) is 17.5 Å². The topological polar surface area (TPSA) is 64.0 Å². The van der Waals surface area contributed by atoms with Crippen molar-refractivity contribution < 1.29 is 4.79 Å². The van der Waals surface area contributed by atoms with Crippen molar-refractivity contribution in [1.82, 2.24) is 14.9 Å². The third kappa shape index (κ3) is 5.21. The monoisotopic (exact) mass is 455 g/mol. The van der Waals surface area contributed by atoms with Gasteiger partial charge in [0.1, 0.15) is 10.1 Å². The van der Waals surface area contributed by atoms with Gasteiger partial charge in [0.25, 0.3) is 5.56 Å². The number of aryl methyl sites for hydroxylation is 1. The van der Waals surface area contributed by atoms with Gasteiger partial charge in [-0.05, 0) is 43.2 Å². The first-order chi connectivity index (χ1) is 15.0. The highest BCUT2D eigenvalue weighted by atomic mass is 32.2. The number of rotatable bonds is 9. The number of fused-ring (bicyclic) bond motifs is 1. The minimum atomic E-state index is -0.443. The number of nitrogens with zero attached hydrogens (tertiary/aromatic N) is 2. The van der Waals surface area contributed by atoms with Crippen LogP contribution in [0.1, 0.15) is 55.7 Å².